The molecule has 0 saturated carbocycles. The molecule has 9 heteroatoms. The molecule has 152 valence electrons. The Morgan fingerprint density at radius 3 is 2.90 bits per heavy atom. The molecule has 1 amide bonds. The average Bonchev–Trinajstić information content (AvgIpc) is 3.47. The highest BCUT2D eigenvalue weighted by Gasteiger charge is 2.32. The fourth-order valence-corrected chi connectivity index (χ4v) is 4.95. The molecule has 0 bridgehead atoms. The second kappa shape index (κ2) is 7.37. The highest BCUT2D eigenvalue weighted by molar-refractivity contribution is 7.03. The summed E-state index contributed by atoms with van der Waals surface area (Å²) in [4.78, 5) is 22.1. The zero-order valence-corrected chi connectivity index (χ0v) is 17.6. The summed E-state index contributed by atoms with van der Waals surface area (Å²) < 4.78 is 5.70. The topological polar surface area (TPSA) is 79.5 Å². The van der Waals surface area contributed by atoms with Crippen LogP contribution in [-0.2, 0) is 0 Å². The maximum Gasteiger partial charge on any atom is 0.275 e. The molecular weight excluding hydrogens is 386 g/mol. The predicted octanol–water partition coefficient (Wildman–Crippen LogP) is 3.10. The number of amides is 1. The van der Waals surface area contributed by atoms with Gasteiger partial charge in [-0.15, -0.1) is 5.10 Å². The number of likely N-dealkylation sites (tertiary alicyclic amines) is 1. The molecule has 5 heterocycles. The number of hydrogen-bond donors (Lipinski definition) is 0. The van der Waals surface area contributed by atoms with Gasteiger partial charge in [0.25, 0.3) is 5.91 Å². The summed E-state index contributed by atoms with van der Waals surface area (Å²) in [5, 5.41) is 10.5. The number of anilines is 1. The van der Waals surface area contributed by atoms with Crippen molar-refractivity contribution >= 4 is 28.9 Å². The Morgan fingerprint density at radius 1 is 1.24 bits per heavy atom. The molecule has 2 aliphatic heterocycles. The van der Waals surface area contributed by atoms with Crippen LogP contribution in [0.15, 0.2) is 17.6 Å². The van der Waals surface area contributed by atoms with Crippen LogP contribution in [0, 0.1) is 12.8 Å². The summed E-state index contributed by atoms with van der Waals surface area (Å²) in [5.74, 6) is 1.70. The van der Waals surface area contributed by atoms with Gasteiger partial charge in [0.15, 0.2) is 11.3 Å². The number of aromatic nitrogens is 5. The summed E-state index contributed by atoms with van der Waals surface area (Å²) in [6, 6.07) is 1.99. The molecule has 0 unspecified atom stereocenters. The van der Waals surface area contributed by atoms with Crippen molar-refractivity contribution < 1.29 is 4.79 Å². The molecule has 3 aromatic rings. The van der Waals surface area contributed by atoms with E-state index in [1.807, 2.05) is 15.5 Å². The van der Waals surface area contributed by atoms with Gasteiger partial charge < -0.3 is 9.80 Å². The minimum absolute atomic E-state index is 0.0461. The van der Waals surface area contributed by atoms with Gasteiger partial charge in [0.2, 0.25) is 0 Å². The Balaban J connectivity index is 1.48. The third-order valence-electron chi connectivity index (χ3n) is 6.03. The quantitative estimate of drug-likeness (QED) is 0.659. The number of hydrogen-bond acceptors (Lipinski definition) is 7. The van der Waals surface area contributed by atoms with E-state index in [1.54, 1.807) is 5.38 Å². The Morgan fingerprint density at radius 2 is 2.14 bits per heavy atom. The summed E-state index contributed by atoms with van der Waals surface area (Å²) >= 11 is 1.21. The number of aryl methyl sites for hydroxylation is 1. The first-order chi connectivity index (χ1) is 14.1. The van der Waals surface area contributed by atoms with Gasteiger partial charge in [-0.2, -0.15) is 5.10 Å². The lowest BCUT2D eigenvalue weighted by molar-refractivity contribution is 0.0599. The van der Waals surface area contributed by atoms with Gasteiger partial charge in [0.05, 0.1) is 11.7 Å². The molecule has 3 aromatic heterocycles. The molecule has 29 heavy (non-hydrogen) atoms. The number of piperidine rings is 1. The molecule has 5 rings (SSSR count). The smallest absolute Gasteiger partial charge is 0.275 e. The molecule has 2 fully saturated rings. The number of fused-ring (bicyclic) bond motifs is 1. The molecule has 2 atom stereocenters. The summed E-state index contributed by atoms with van der Waals surface area (Å²) in [7, 11) is 0. The zero-order chi connectivity index (χ0) is 20.0. The summed E-state index contributed by atoms with van der Waals surface area (Å²) in [6.07, 6.45) is 6.26. The van der Waals surface area contributed by atoms with Crippen LogP contribution in [0.4, 0.5) is 5.82 Å². The standard InChI is InChI=1S/C20H25N7OS/c1-13-6-8-25(10-13)19-14(2)11-27-18(21-19)9-15(23-27)17-5-3-4-7-26(17)20(28)16-12-29-24-22-16/h9,11-13,17H,3-8,10H2,1-2H3/t13-,17-/m0/s1. The van der Waals surface area contributed by atoms with E-state index >= 15 is 0 Å². The van der Waals surface area contributed by atoms with Gasteiger partial charge in [0.1, 0.15) is 5.82 Å². The van der Waals surface area contributed by atoms with Gasteiger partial charge in [-0.25, -0.2) is 9.50 Å². The minimum Gasteiger partial charge on any atom is -0.356 e. The molecule has 0 N–H and O–H groups in total. The van der Waals surface area contributed by atoms with Gasteiger partial charge in [-0.3, -0.25) is 4.79 Å². The van der Waals surface area contributed by atoms with E-state index in [9.17, 15) is 4.79 Å². The Kier molecular flexibility index (Phi) is 4.69. The van der Waals surface area contributed by atoms with Crippen molar-refractivity contribution in [2.24, 2.45) is 5.92 Å². The third-order valence-corrected chi connectivity index (χ3v) is 6.54. The first-order valence-electron chi connectivity index (χ1n) is 10.3. The zero-order valence-electron chi connectivity index (χ0n) is 16.8. The van der Waals surface area contributed by atoms with Crippen molar-refractivity contribution in [3.63, 3.8) is 0 Å². The average molecular weight is 412 g/mol. The maximum absolute atomic E-state index is 12.9. The number of nitrogens with zero attached hydrogens (tertiary/aromatic N) is 7. The van der Waals surface area contributed by atoms with Crippen molar-refractivity contribution in [2.45, 2.75) is 45.6 Å². The molecular formula is C20H25N7OS. The second-order valence-electron chi connectivity index (χ2n) is 8.26. The summed E-state index contributed by atoms with van der Waals surface area (Å²) in [5.41, 5.74) is 3.30. The second-order valence-corrected chi connectivity index (χ2v) is 8.87. The van der Waals surface area contributed by atoms with Crippen LogP contribution < -0.4 is 4.90 Å². The summed E-state index contributed by atoms with van der Waals surface area (Å²) in [6.45, 7) is 7.21. The van der Waals surface area contributed by atoms with Crippen LogP contribution in [-0.4, -0.2) is 54.6 Å². The highest BCUT2D eigenvalue weighted by Crippen LogP contribution is 2.32. The molecule has 0 spiro atoms. The van der Waals surface area contributed by atoms with Crippen molar-refractivity contribution in [3.05, 3.63) is 34.6 Å². The predicted molar refractivity (Wildman–Crippen MR) is 111 cm³/mol. The normalized spacial score (nSPS) is 22.6. The van der Waals surface area contributed by atoms with Crippen molar-refractivity contribution in [1.82, 2.24) is 29.1 Å². The highest BCUT2D eigenvalue weighted by atomic mass is 32.1. The Hall–Kier alpha value is -2.55. The Labute approximate surface area is 173 Å². The largest absolute Gasteiger partial charge is 0.356 e. The van der Waals surface area contributed by atoms with Crippen LogP contribution >= 0.6 is 11.5 Å². The van der Waals surface area contributed by atoms with E-state index in [1.165, 1.54) is 18.0 Å². The first kappa shape index (κ1) is 18.5. The molecule has 0 aliphatic carbocycles. The number of carbonyl (C=O) groups is 1. The minimum atomic E-state index is -0.0589. The van der Waals surface area contributed by atoms with Gasteiger partial charge in [0, 0.05) is 42.8 Å². The van der Waals surface area contributed by atoms with Crippen LogP contribution in [0.1, 0.15) is 60.4 Å². The number of carbonyl (C=O) groups excluding carboxylic acids is 1. The Bertz CT molecular complexity index is 1030. The molecule has 0 aromatic carbocycles. The van der Waals surface area contributed by atoms with Crippen molar-refractivity contribution in [1.29, 1.82) is 0 Å². The molecule has 2 aliphatic rings. The fraction of sp³-hybridized carbons (Fsp3) is 0.550. The van der Waals surface area contributed by atoms with Crippen LogP contribution in [0.2, 0.25) is 0 Å². The monoisotopic (exact) mass is 411 g/mol. The van der Waals surface area contributed by atoms with Crippen molar-refractivity contribution in [2.75, 3.05) is 24.5 Å². The SMILES string of the molecule is Cc1cn2nc([C@@H]3CCCCN3C(=O)c3csnn3)cc2nc1N1CC[C@H](C)C1. The molecule has 2 saturated heterocycles. The lowest BCUT2D eigenvalue weighted by atomic mass is 9.99. The van der Waals surface area contributed by atoms with E-state index < -0.39 is 0 Å². The van der Waals surface area contributed by atoms with E-state index in [0.29, 0.717) is 11.6 Å². The van der Waals surface area contributed by atoms with Crippen molar-refractivity contribution in [3.8, 4) is 0 Å². The van der Waals surface area contributed by atoms with Gasteiger partial charge in [-0.05, 0) is 50.1 Å². The maximum atomic E-state index is 12.9. The van der Waals surface area contributed by atoms with Crippen LogP contribution in [0.5, 0.6) is 0 Å². The van der Waals surface area contributed by atoms with Crippen LogP contribution in [0.25, 0.3) is 5.65 Å². The molecule has 8 nitrogen and oxygen atoms in total. The van der Waals surface area contributed by atoms with E-state index in [-0.39, 0.29) is 11.9 Å². The van der Waals surface area contributed by atoms with Crippen LogP contribution in [0.3, 0.4) is 0 Å². The van der Waals surface area contributed by atoms with Gasteiger partial charge in [-0.1, -0.05) is 11.4 Å². The lowest BCUT2D eigenvalue weighted by Gasteiger charge is -2.34. The lowest BCUT2D eigenvalue weighted by Crippen LogP contribution is -2.38. The van der Waals surface area contributed by atoms with E-state index in [2.05, 4.69) is 34.5 Å². The van der Waals surface area contributed by atoms with Gasteiger partial charge >= 0.3 is 0 Å². The molecule has 0 radical (unpaired) electrons. The number of rotatable bonds is 3. The first-order valence-corrected chi connectivity index (χ1v) is 11.1. The third kappa shape index (κ3) is 3.37. The van der Waals surface area contributed by atoms with E-state index in [4.69, 9.17) is 10.1 Å². The fourth-order valence-electron chi connectivity index (χ4n) is 4.52. The van der Waals surface area contributed by atoms with E-state index in [0.717, 1.165) is 61.6 Å².